The van der Waals surface area contributed by atoms with Gasteiger partial charge in [0.1, 0.15) is 0 Å². The smallest absolute Gasteiger partial charge is 0.173 e. The standard InChI is InChI=1S/C11H19ClO3/c1-3-10(2)8-11(4-5-13-10)14-7-9(6-12)15-11/h9H,3-8H2,1-2H3. The molecule has 0 N–H and O–H groups in total. The van der Waals surface area contributed by atoms with Gasteiger partial charge in [-0.3, -0.25) is 0 Å². The number of halogens is 1. The van der Waals surface area contributed by atoms with Crippen molar-refractivity contribution in [3.63, 3.8) is 0 Å². The molecule has 15 heavy (non-hydrogen) atoms. The van der Waals surface area contributed by atoms with Crippen molar-refractivity contribution >= 4 is 11.6 Å². The Morgan fingerprint density at radius 1 is 1.40 bits per heavy atom. The van der Waals surface area contributed by atoms with E-state index in [1.165, 1.54) is 0 Å². The first-order chi connectivity index (χ1) is 7.11. The number of hydrogen-bond donors (Lipinski definition) is 0. The Kier molecular flexibility index (Phi) is 3.27. The molecule has 3 nitrogen and oxygen atoms in total. The summed E-state index contributed by atoms with van der Waals surface area (Å²) < 4.78 is 17.5. The summed E-state index contributed by atoms with van der Waals surface area (Å²) in [5.41, 5.74) is -0.112. The topological polar surface area (TPSA) is 27.7 Å². The van der Waals surface area contributed by atoms with Gasteiger partial charge in [-0.2, -0.15) is 0 Å². The first kappa shape index (κ1) is 11.6. The van der Waals surface area contributed by atoms with Gasteiger partial charge < -0.3 is 14.2 Å². The monoisotopic (exact) mass is 234 g/mol. The molecule has 2 rings (SSSR count). The van der Waals surface area contributed by atoms with Crippen molar-refractivity contribution in [3.05, 3.63) is 0 Å². The van der Waals surface area contributed by atoms with Gasteiger partial charge in [0.05, 0.1) is 30.8 Å². The highest BCUT2D eigenvalue weighted by atomic mass is 35.5. The van der Waals surface area contributed by atoms with Gasteiger partial charge in [0.15, 0.2) is 5.79 Å². The van der Waals surface area contributed by atoms with Crippen LogP contribution in [0.15, 0.2) is 0 Å². The SMILES string of the molecule is CCC1(C)CC2(CCO1)OCC(CCl)O2. The van der Waals surface area contributed by atoms with Crippen LogP contribution >= 0.6 is 11.6 Å². The van der Waals surface area contributed by atoms with E-state index in [1.807, 2.05) is 0 Å². The first-order valence-electron chi connectivity index (χ1n) is 5.63. The maximum Gasteiger partial charge on any atom is 0.173 e. The predicted octanol–water partition coefficient (Wildman–Crippen LogP) is 2.32. The Balaban J connectivity index is 2.03. The molecule has 88 valence electrons. The second kappa shape index (κ2) is 4.21. The van der Waals surface area contributed by atoms with Crippen LogP contribution in [0.5, 0.6) is 0 Å². The fourth-order valence-corrected chi connectivity index (χ4v) is 2.46. The summed E-state index contributed by atoms with van der Waals surface area (Å²) in [4.78, 5) is 0. The Morgan fingerprint density at radius 2 is 2.20 bits per heavy atom. The fraction of sp³-hybridized carbons (Fsp3) is 1.00. The second-order valence-electron chi connectivity index (χ2n) is 4.69. The van der Waals surface area contributed by atoms with Crippen molar-refractivity contribution < 1.29 is 14.2 Å². The molecule has 2 fully saturated rings. The van der Waals surface area contributed by atoms with Crippen molar-refractivity contribution in [1.82, 2.24) is 0 Å². The van der Waals surface area contributed by atoms with Crippen LogP contribution in [-0.2, 0) is 14.2 Å². The molecule has 1 spiro atoms. The van der Waals surface area contributed by atoms with E-state index in [-0.39, 0.29) is 11.7 Å². The molecule has 2 aliphatic heterocycles. The molecule has 0 saturated carbocycles. The molecule has 3 atom stereocenters. The van der Waals surface area contributed by atoms with Crippen molar-refractivity contribution in [2.45, 2.75) is 50.6 Å². The minimum Gasteiger partial charge on any atom is -0.375 e. The minimum absolute atomic E-state index is 0.0471. The largest absolute Gasteiger partial charge is 0.375 e. The van der Waals surface area contributed by atoms with Crippen molar-refractivity contribution in [3.8, 4) is 0 Å². The molecule has 2 heterocycles. The molecule has 0 aromatic carbocycles. The van der Waals surface area contributed by atoms with Crippen LogP contribution in [0.4, 0.5) is 0 Å². The van der Waals surface area contributed by atoms with E-state index in [0.717, 1.165) is 19.3 Å². The Morgan fingerprint density at radius 3 is 2.80 bits per heavy atom. The summed E-state index contributed by atoms with van der Waals surface area (Å²) in [5.74, 6) is 0.0774. The van der Waals surface area contributed by atoms with Crippen molar-refractivity contribution in [1.29, 1.82) is 0 Å². The van der Waals surface area contributed by atoms with Crippen LogP contribution in [0.25, 0.3) is 0 Å². The molecule has 0 aromatic rings. The maximum absolute atomic E-state index is 5.90. The molecule has 0 aliphatic carbocycles. The maximum atomic E-state index is 5.90. The van der Waals surface area contributed by atoms with Crippen molar-refractivity contribution in [2.75, 3.05) is 19.1 Å². The number of ether oxygens (including phenoxy) is 3. The summed E-state index contributed by atoms with van der Waals surface area (Å²) >= 11 is 5.78. The lowest BCUT2D eigenvalue weighted by atomic mass is 9.89. The normalized spacial score (nSPS) is 46.2. The van der Waals surface area contributed by atoms with Gasteiger partial charge >= 0.3 is 0 Å². The highest BCUT2D eigenvalue weighted by molar-refractivity contribution is 6.18. The summed E-state index contributed by atoms with van der Waals surface area (Å²) in [7, 11) is 0. The molecule has 0 amide bonds. The molecule has 4 heteroatoms. The van der Waals surface area contributed by atoms with E-state index >= 15 is 0 Å². The van der Waals surface area contributed by atoms with Gasteiger partial charge in [-0.1, -0.05) is 6.92 Å². The van der Waals surface area contributed by atoms with Gasteiger partial charge in [0, 0.05) is 12.8 Å². The number of rotatable bonds is 2. The zero-order chi connectivity index (χ0) is 10.9. The molecular formula is C11H19ClO3. The first-order valence-corrected chi connectivity index (χ1v) is 6.17. The molecule has 2 aliphatic rings. The zero-order valence-electron chi connectivity index (χ0n) is 9.42. The van der Waals surface area contributed by atoms with E-state index in [9.17, 15) is 0 Å². The summed E-state index contributed by atoms with van der Waals surface area (Å²) in [6.45, 7) is 5.57. The van der Waals surface area contributed by atoms with Gasteiger partial charge in [-0.05, 0) is 13.3 Å². The molecule has 0 aromatic heterocycles. The lowest BCUT2D eigenvalue weighted by Crippen LogP contribution is -2.48. The van der Waals surface area contributed by atoms with Crippen LogP contribution < -0.4 is 0 Å². The highest BCUT2D eigenvalue weighted by Crippen LogP contribution is 2.41. The number of alkyl halides is 1. The molecule has 2 saturated heterocycles. The van der Waals surface area contributed by atoms with Crippen molar-refractivity contribution in [2.24, 2.45) is 0 Å². The van der Waals surface area contributed by atoms with Crippen LogP contribution in [0.3, 0.4) is 0 Å². The molecule has 0 radical (unpaired) electrons. The number of hydrogen-bond acceptors (Lipinski definition) is 3. The fourth-order valence-electron chi connectivity index (χ4n) is 2.31. The van der Waals surface area contributed by atoms with Crippen LogP contribution in [0.2, 0.25) is 0 Å². The summed E-state index contributed by atoms with van der Waals surface area (Å²) in [5, 5.41) is 0. The lowest BCUT2D eigenvalue weighted by Gasteiger charge is -2.42. The minimum atomic E-state index is -0.428. The Hall–Kier alpha value is 0.170. The van der Waals surface area contributed by atoms with Gasteiger partial charge in [0.25, 0.3) is 0 Å². The lowest BCUT2D eigenvalue weighted by molar-refractivity contribution is -0.250. The van der Waals surface area contributed by atoms with E-state index in [1.54, 1.807) is 0 Å². The molecule has 3 unspecified atom stereocenters. The van der Waals surface area contributed by atoms with Gasteiger partial charge in [-0.25, -0.2) is 0 Å². The second-order valence-corrected chi connectivity index (χ2v) is 5.00. The predicted molar refractivity (Wildman–Crippen MR) is 58.2 cm³/mol. The zero-order valence-corrected chi connectivity index (χ0v) is 10.2. The quantitative estimate of drug-likeness (QED) is 0.687. The summed E-state index contributed by atoms with van der Waals surface area (Å²) in [6.07, 6.45) is 2.65. The van der Waals surface area contributed by atoms with E-state index < -0.39 is 5.79 Å². The Bertz CT molecular complexity index is 236. The summed E-state index contributed by atoms with van der Waals surface area (Å²) in [6, 6.07) is 0. The molecular weight excluding hydrogens is 216 g/mol. The molecule has 0 bridgehead atoms. The van der Waals surface area contributed by atoms with Crippen LogP contribution in [-0.4, -0.2) is 36.6 Å². The van der Waals surface area contributed by atoms with Gasteiger partial charge in [0.2, 0.25) is 0 Å². The van der Waals surface area contributed by atoms with E-state index in [2.05, 4.69) is 13.8 Å². The van der Waals surface area contributed by atoms with Crippen LogP contribution in [0, 0.1) is 0 Å². The van der Waals surface area contributed by atoms with Crippen LogP contribution in [0.1, 0.15) is 33.1 Å². The van der Waals surface area contributed by atoms with Gasteiger partial charge in [-0.15, -0.1) is 11.6 Å². The highest BCUT2D eigenvalue weighted by Gasteiger charge is 2.48. The van der Waals surface area contributed by atoms with E-state index in [4.69, 9.17) is 25.8 Å². The average molecular weight is 235 g/mol. The van der Waals surface area contributed by atoms with E-state index in [0.29, 0.717) is 19.1 Å². The third-order valence-electron chi connectivity index (χ3n) is 3.41. The average Bonchev–Trinajstić information content (AvgIpc) is 2.61. The third kappa shape index (κ3) is 2.31. The Labute approximate surface area is 96.0 Å². The third-order valence-corrected chi connectivity index (χ3v) is 3.75.